The molecule has 0 fully saturated rings. The zero-order valence-electron chi connectivity index (χ0n) is 7.30. The van der Waals surface area contributed by atoms with Crippen molar-refractivity contribution in [1.82, 2.24) is 10.5 Å². The van der Waals surface area contributed by atoms with Crippen LogP contribution in [0.2, 0.25) is 6.82 Å². The molecule has 0 aliphatic heterocycles. The minimum atomic E-state index is -0.451. The first kappa shape index (κ1) is 10.7. The van der Waals surface area contributed by atoms with Crippen molar-refractivity contribution in [2.45, 2.75) is 19.3 Å². The summed E-state index contributed by atoms with van der Waals surface area (Å²) in [4.78, 5) is 0. The first-order valence-corrected chi connectivity index (χ1v) is 3.90. The average Bonchev–Trinajstić information content (AvgIpc) is 1.87. The van der Waals surface area contributed by atoms with Gasteiger partial charge < -0.3 is 15.6 Å². The Balaban J connectivity index is 3.58. The zero-order valence-corrected chi connectivity index (χ0v) is 7.30. The van der Waals surface area contributed by atoms with Crippen LogP contribution in [0.5, 0.6) is 0 Å². The largest absolute Gasteiger partial charge is 0.437 e. The first-order chi connectivity index (χ1) is 5.20. The molecule has 3 N–H and O–H groups in total. The number of rotatable bonds is 6. The second kappa shape index (κ2) is 6.40. The van der Waals surface area contributed by atoms with Crippen molar-refractivity contribution in [3.63, 3.8) is 0 Å². The topological polar surface area (TPSA) is 44.3 Å². The molecule has 0 radical (unpaired) electrons. The minimum absolute atomic E-state index is 0.275. The Morgan fingerprint density at radius 2 is 2.36 bits per heavy atom. The first-order valence-electron chi connectivity index (χ1n) is 3.90. The summed E-state index contributed by atoms with van der Waals surface area (Å²) in [6.07, 6.45) is 2.71. The normalized spacial score (nSPS) is 12.6. The third-order valence-electron chi connectivity index (χ3n) is 1.38. The molecule has 0 aromatic rings. The van der Waals surface area contributed by atoms with Crippen molar-refractivity contribution < 1.29 is 5.02 Å². The van der Waals surface area contributed by atoms with Gasteiger partial charge in [-0.15, -0.1) is 6.58 Å². The van der Waals surface area contributed by atoms with Crippen LogP contribution >= 0.6 is 0 Å². The summed E-state index contributed by atoms with van der Waals surface area (Å²) in [5.74, 6) is 0. The maximum atomic E-state index is 9.00. The lowest BCUT2D eigenvalue weighted by molar-refractivity contribution is 0.503. The van der Waals surface area contributed by atoms with E-state index in [1.807, 2.05) is 13.1 Å². The molecule has 0 bridgehead atoms. The summed E-state index contributed by atoms with van der Waals surface area (Å²) in [6.45, 7) is 6.20. The molecule has 3 nitrogen and oxygen atoms in total. The summed E-state index contributed by atoms with van der Waals surface area (Å²) >= 11 is 0. The molecule has 0 saturated heterocycles. The summed E-state index contributed by atoms with van der Waals surface area (Å²) in [5, 5.41) is 15.0. The summed E-state index contributed by atoms with van der Waals surface area (Å²) in [5.41, 5.74) is 0. The van der Waals surface area contributed by atoms with E-state index in [0.29, 0.717) is 0 Å². The van der Waals surface area contributed by atoms with E-state index in [9.17, 15) is 0 Å². The van der Waals surface area contributed by atoms with Crippen molar-refractivity contribution in [3.05, 3.63) is 12.7 Å². The van der Waals surface area contributed by atoms with E-state index < -0.39 is 7.05 Å². The predicted molar refractivity (Wildman–Crippen MR) is 49.5 cm³/mol. The van der Waals surface area contributed by atoms with Crippen LogP contribution in [0.15, 0.2) is 12.7 Å². The minimum Gasteiger partial charge on any atom is -0.437 e. The maximum absolute atomic E-state index is 9.00. The molecule has 0 aliphatic carbocycles. The van der Waals surface area contributed by atoms with Gasteiger partial charge in [0.25, 0.3) is 0 Å². The quantitative estimate of drug-likeness (QED) is 0.370. The fraction of sp³-hybridized carbons (Fsp3) is 0.714. The lowest BCUT2D eigenvalue weighted by atomic mass is 9.87. The van der Waals surface area contributed by atoms with Crippen LogP contribution < -0.4 is 10.5 Å². The van der Waals surface area contributed by atoms with Gasteiger partial charge in [-0.2, -0.15) is 0 Å². The number of hydrogen-bond acceptors (Lipinski definition) is 3. The molecular weight excluding hydrogens is 139 g/mol. The van der Waals surface area contributed by atoms with E-state index in [1.165, 1.54) is 0 Å². The van der Waals surface area contributed by atoms with Gasteiger partial charge in [0.15, 0.2) is 0 Å². The van der Waals surface area contributed by atoms with Gasteiger partial charge in [-0.05, 0) is 20.3 Å². The third kappa shape index (κ3) is 6.10. The molecule has 0 unspecified atom stereocenters. The van der Waals surface area contributed by atoms with E-state index in [0.717, 1.165) is 13.0 Å². The van der Waals surface area contributed by atoms with Crippen molar-refractivity contribution in [3.8, 4) is 0 Å². The molecular formula is C7H17BN2O. The van der Waals surface area contributed by atoms with Gasteiger partial charge in [0.05, 0.1) is 0 Å². The van der Waals surface area contributed by atoms with Gasteiger partial charge in [0, 0.05) is 12.6 Å². The Morgan fingerprint density at radius 3 is 2.73 bits per heavy atom. The smallest absolute Gasteiger partial charge is 0.373 e. The Bertz CT molecular complexity index is 109. The van der Waals surface area contributed by atoms with Crippen LogP contribution in [0.3, 0.4) is 0 Å². The number of hydrogen-bond donors (Lipinski definition) is 3. The third-order valence-corrected chi connectivity index (χ3v) is 1.38. The molecule has 0 aliphatic rings. The SMILES string of the molecule is C=CC[C@H](CNC)NB(C)O. The number of likely N-dealkylation sites (N-methyl/N-ethyl adjacent to an activating group) is 1. The Hall–Kier alpha value is -0.315. The second-order valence-electron chi connectivity index (χ2n) is 2.62. The standard InChI is InChI=1S/C7H17BN2O/c1-4-5-7(6-9-3)10-8(2)11/h4,7,9-11H,1,5-6H2,2-3H3/t7-/m1/s1. The highest BCUT2D eigenvalue weighted by Crippen LogP contribution is 1.90. The molecule has 64 valence electrons. The summed E-state index contributed by atoms with van der Waals surface area (Å²) in [7, 11) is 1.44. The molecule has 1 atom stereocenters. The molecule has 0 aromatic carbocycles. The van der Waals surface area contributed by atoms with Gasteiger partial charge >= 0.3 is 7.05 Å². The van der Waals surface area contributed by atoms with Crippen molar-refractivity contribution in [2.24, 2.45) is 0 Å². The second-order valence-corrected chi connectivity index (χ2v) is 2.62. The Morgan fingerprint density at radius 1 is 1.73 bits per heavy atom. The van der Waals surface area contributed by atoms with Crippen LogP contribution in [0.4, 0.5) is 0 Å². The van der Waals surface area contributed by atoms with Crippen LogP contribution in [0.1, 0.15) is 6.42 Å². The van der Waals surface area contributed by atoms with Crippen molar-refractivity contribution >= 4 is 7.05 Å². The highest BCUT2D eigenvalue weighted by molar-refractivity contribution is 6.45. The van der Waals surface area contributed by atoms with Crippen molar-refractivity contribution in [1.29, 1.82) is 0 Å². The lowest BCUT2D eigenvalue weighted by Crippen LogP contribution is -2.44. The van der Waals surface area contributed by atoms with Gasteiger partial charge in [-0.1, -0.05) is 6.08 Å². The number of nitrogens with one attached hydrogen (secondary N) is 2. The van der Waals surface area contributed by atoms with Crippen LogP contribution in [-0.4, -0.2) is 31.7 Å². The van der Waals surface area contributed by atoms with Crippen LogP contribution in [0.25, 0.3) is 0 Å². The fourth-order valence-corrected chi connectivity index (χ4v) is 0.999. The molecule has 11 heavy (non-hydrogen) atoms. The molecule has 0 heterocycles. The van der Waals surface area contributed by atoms with E-state index in [2.05, 4.69) is 17.1 Å². The fourth-order valence-electron chi connectivity index (χ4n) is 0.999. The average molecular weight is 156 g/mol. The van der Waals surface area contributed by atoms with Crippen molar-refractivity contribution in [2.75, 3.05) is 13.6 Å². The van der Waals surface area contributed by atoms with Crippen LogP contribution in [0, 0.1) is 0 Å². The van der Waals surface area contributed by atoms with E-state index in [4.69, 9.17) is 5.02 Å². The summed E-state index contributed by atoms with van der Waals surface area (Å²) in [6, 6.07) is 0.275. The monoisotopic (exact) mass is 156 g/mol. The predicted octanol–water partition coefficient (Wildman–Crippen LogP) is -0.150. The summed E-state index contributed by atoms with van der Waals surface area (Å²) < 4.78 is 0. The molecule has 0 spiro atoms. The van der Waals surface area contributed by atoms with E-state index in [1.54, 1.807) is 6.82 Å². The zero-order chi connectivity index (χ0) is 8.69. The lowest BCUT2D eigenvalue weighted by Gasteiger charge is -2.16. The Labute approximate surface area is 69.0 Å². The van der Waals surface area contributed by atoms with E-state index in [-0.39, 0.29) is 6.04 Å². The highest BCUT2D eigenvalue weighted by Gasteiger charge is 2.09. The maximum Gasteiger partial charge on any atom is 0.373 e. The molecule has 0 aromatic heterocycles. The van der Waals surface area contributed by atoms with Gasteiger partial charge in [0.1, 0.15) is 0 Å². The molecule has 4 heteroatoms. The van der Waals surface area contributed by atoms with E-state index >= 15 is 0 Å². The molecule has 0 rings (SSSR count). The Kier molecular flexibility index (Phi) is 6.22. The highest BCUT2D eigenvalue weighted by atomic mass is 16.2. The van der Waals surface area contributed by atoms with Gasteiger partial charge in [-0.3, -0.25) is 0 Å². The molecule has 0 saturated carbocycles. The van der Waals surface area contributed by atoms with Gasteiger partial charge in [0.2, 0.25) is 0 Å². The van der Waals surface area contributed by atoms with Crippen LogP contribution in [-0.2, 0) is 0 Å². The molecule has 0 amide bonds. The van der Waals surface area contributed by atoms with Gasteiger partial charge in [-0.25, -0.2) is 0 Å².